The number of rotatable bonds is 6. The molecule has 0 radical (unpaired) electrons. The van der Waals surface area contributed by atoms with Crippen LogP contribution in [0.25, 0.3) is 11.1 Å². The van der Waals surface area contributed by atoms with Crippen LogP contribution in [-0.4, -0.2) is 67.8 Å². The minimum absolute atomic E-state index is 0.0706. The summed E-state index contributed by atoms with van der Waals surface area (Å²) in [5, 5.41) is 12.9. The molecule has 37 heavy (non-hydrogen) atoms. The molecule has 2 aromatic carbocycles. The van der Waals surface area contributed by atoms with Crippen LogP contribution >= 0.6 is 0 Å². The van der Waals surface area contributed by atoms with E-state index < -0.39 is 21.1 Å². The molecule has 0 unspecified atom stereocenters. The van der Waals surface area contributed by atoms with Crippen LogP contribution in [0.15, 0.2) is 53.4 Å². The van der Waals surface area contributed by atoms with Crippen molar-refractivity contribution in [1.82, 2.24) is 14.5 Å². The molecule has 196 valence electrons. The van der Waals surface area contributed by atoms with E-state index in [1.807, 2.05) is 43.4 Å². The monoisotopic (exact) mass is 521 g/mol. The van der Waals surface area contributed by atoms with E-state index in [4.69, 9.17) is 5.73 Å². The molecular formula is C28H35N5O3S. The van der Waals surface area contributed by atoms with Gasteiger partial charge in [0.1, 0.15) is 5.54 Å². The molecule has 1 amide bonds. The Morgan fingerprint density at radius 2 is 1.54 bits per heavy atom. The summed E-state index contributed by atoms with van der Waals surface area (Å²) in [5.74, 6) is -0.279. The first-order valence-electron chi connectivity index (χ1n) is 13.1. The van der Waals surface area contributed by atoms with Crippen LogP contribution < -0.4 is 11.1 Å². The summed E-state index contributed by atoms with van der Waals surface area (Å²) in [4.78, 5) is 15.4. The average molecular weight is 522 g/mol. The average Bonchev–Trinajstić information content (AvgIpc) is 3.64. The van der Waals surface area contributed by atoms with Crippen molar-refractivity contribution < 1.29 is 13.2 Å². The van der Waals surface area contributed by atoms with Gasteiger partial charge in [-0.05, 0) is 55.1 Å². The van der Waals surface area contributed by atoms with Crippen molar-refractivity contribution in [3.63, 3.8) is 0 Å². The minimum Gasteiger partial charge on any atom is -0.336 e. The van der Waals surface area contributed by atoms with Crippen molar-refractivity contribution in [1.29, 1.82) is 5.26 Å². The lowest BCUT2D eigenvalue weighted by Gasteiger charge is -2.32. The lowest BCUT2D eigenvalue weighted by atomic mass is 9.81. The van der Waals surface area contributed by atoms with Gasteiger partial charge < -0.3 is 16.0 Å². The predicted molar refractivity (Wildman–Crippen MR) is 142 cm³/mol. The Kier molecular flexibility index (Phi) is 6.88. The second-order valence-electron chi connectivity index (χ2n) is 10.9. The van der Waals surface area contributed by atoms with Crippen molar-refractivity contribution in [3.8, 4) is 17.2 Å². The van der Waals surface area contributed by atoms with Crippen molar-refractivity contribution in [2.24, 2.45) is 5.73 Å². The third-order valence-corrected chi connectivity index (χ3v) is 10.2. The normalized spacial score (nSPS) is 26.2. The van der Waals surface area contributed by atoms with E-state index in [0.717, 1.165) is 49.0 Å². The maximum Gasteiger partial charge on any atom is 0.243 e. The number of amides is 1. The molecule has 5 rings (SSSR count). The number of nitrogens with zero attached hydrogens (tertiary/aromatic N) is 3. The van der Waals surface area contributed by atoms with Crippen LogP contribution in [0.2, 0.25) is 0 Å². The number of carbonyl (C=O) groups excluding carboxylic acids is 1. The van der Waals surface area contributed by atoms with E-state index in [2.05, 4.69) is 16.3 Å². The number of carbonyl (C=O) groups is 1. The highest BCUT2D eigenvalue weighted by atomic mass is 32.2. The van der Waals surface area contributed by atoms with Gasteiger partial charge in [-0.2, -0.15) is 9.57 Å². The van der Waals surface area contributed by atoms with E-state index in [1.165, 1.54) is 0 Å². The van der Waals surface area contributed by atoms with E-state index >= 15 is 0 Å². The molecule has 2 aromatic rings. The Bertz CT molecular complexity index is 1290. The molecule has 3 fully saturated rings. The third kappa shape index (κ3) is 5.04. The van der Waals surface area contributed by atoms with E-state index in [1.54, 1.807) is 16.4 Å². The summed E-state index contributed by atoms with van der Waals surface area (Å²) in [5.41, 5.74) is 7.48. The third-order valence-electron chi connectivity index (χ3n) is 8.30. The fourth-order valence-electron chi connectivity index (χ4n) is 5.60. The Balaban J connectivity index is 1.25. The highest BCUT2D eigenvalue weighted by molar-refractivity contribution is 7.89. The zero-order valence-electron chi connectivity index (χ0n) is 21.3. The lowest BCUT2D eigenvalue weighted by Crippen LogP contribution is -2.57. The van der Waals surface area contributed by atoms with Crippen LogP contribution in [-0.2, 0) is 14.8 Å². The van der Waals surface area contributed by atoms with Gasteiger partial charge in [0.25, 0.3) is 0 Å². The smallest absolute Gasteiger partial charge is 0.243 e. The first kappa shape index (κ1) is 25.9. The number of likely N-dealkylation sites (N-methyl/N-ethyl adjacent to an activating group) is 1. The van der Waals surface area contributed by atoms with Crippen molar-refractivity contribution in [2.75, 3.05) is 33.2 Å². The molecule has 1 heterocycles. The molecule has 1 aliphatic heterocycles. The van der Waals surface area contributed by atoms with Crippen LogP contribution in [0.3, 0.4) is 0 Å². The number of piperazine rings is 1. The Morgan fingerprint density at radius 1 is 0.973 bits per heavy atom. The molecule has 8 nitrogen and oxygen atoms in total. The maximum atomic E-state index is 13.0. The standard InChI is InChI=1S/C28H35N5O3S/c1-32-15-17-33(18-16-32)37(35,36)24-11-9-22(10-12-24)21-5-7-23(8-6-21)25-19-28(25,20-29)31-26(34)27(30)13-3-2-4-14-27/h5-12,25H,2-4,13-19,30H2,1H3,(H,31,34)/t25-,28+/m1/s1. The lowest BCUT2D eigenvalue weighted by molar-refractivity contribution is -0.128. The van der Waals surface area contributed by atoms with Gasteiger partial charge in [0.15, 0.2) is 0 Å². The molecule has 1 saturated heterocycles. The molecule has 0 bridgehead atoms. The highest BCUT2D eigenvalue weighted by Crippen LogP contribution is 2.51. The molecule has 2 atom stereocenters. The zero-order valence-corrected chi connectivity index (χ0v) is 22.1. The number of hydrogen-bond donors (Lipinski definition) is 2. The molecule has 0 aromatic heterocycles. The molecular weight excluding hydrogens is 486 g/mol. The van der Waals surface area contributed by atoms with Crippen LogP contribution in [0, 0.1) is 11.3 Å². The number of hydrogen-bond acceptors (Lipinski definition) is 6. The highest BCUT2D eigenvalue weighted by Gasteiger charge is 2.58. The van der Waals surface area contributed by atoms with E-state index in [9.17, 15) is 18.5 Å². The second kappa shape index (κ2) is 9.84. The number of benzene rings is 2. The fourth-order valence-corrected chi connectivity index (χ4v) is 7.02. The van der Waals surface area contributed by atoms with Gasteiger partial charge in [0.05, 0.1) is 16.5 Å². The quantitative estimate of drug-likeness (QED) is 0.603. The Morgan fingerprint density at radius 3 is 2.11 bits per heavy atom. The number of nitriles is 1. The fraction of sp³-hybridized carbons (Fsp3) is 0.500. The van der Waals surface area contributed by atoms with Gasteiger partial charge in [-0.3, -0.25) is 4.79 Å². The zero-order chi connectivity index (χ0) is 26.3. The molecule has 9 heteroatoms. The van der Waals surface area contributed by atoms with Gasteiger partial charge in [-0.15, -0.1) is 0 Å². The van der Waals surface area contributed by atoms with Gasteiger partial charge >= 0.3 is 0 Å². The molecule has 3 aliphatic rings. The van der Waals surface area contributed by atoms with Crippen LogP contribution in [0.4, 0.5) is 0 Å². The topological polar surface area (TPSA) is 120 Å². The summed E-state index contributed by atoms with van der Waals surface area (Å²) in [6.07, 6.45) is 4.88. The van der Waals surface area contributed by atoms with Gasteiger partial charge in [-0.25, -0.2) is 8.42 Å². The van der Waals surface area contributed by atoms with Gasteiger partial charge in [0, 0.05) is 32.1 Å². The first-order chi connectivity index (χ1) is 17.7. The van der Waals surface area contributed by atoms with Crippen molar-refractivity contribution in [2.45, 2.75) is 60.4 Å². The molecule has 3 N–H and O–H groups in total. The maximum absolute atomic E-state index is 13.0. The number of nitrogens with one attached hydrogen (secondary N) is 1. The summed E-state index contributed by atoms with van der Waals surface area (Å²) in [6.45, 7) is 2.46. The first-order valence-corrected chi connectivity index (χ1v) is 14.5. The molecule has 0 spiro atoms. The van der Waals surface area contributed by atoms with Gasteiger partial charge in [0.2, 0.25) is 15.9 Å². The summed E-state index contributed by atoms with van der Waals surface area (Å²) in [7, 11) is -1.50. The van der Waals surface area contributed by atoms with Crippen molar-refractivity contribution in [3.05, 3.63) is 54.1 Å². The predicted octanol–water partition coefficient (Wildman–Crippen LogP) is 2.82. The van der Waals surface area contributed by atoms with Crippen LogP contribution in [0.1, 0.15) is 50.0 Å². The molecule has 2 saturated carbocycles. The summed E-state index contributed by atoms with van der Waals surface area (Å²) < 4.78 is 27.5. The van der Waals surface area contributed by atoms with Crippen molar-refractivity contribution >= 4 is 15.9 Å². The molecule has 2 aliphatic carbocycles. The summed E-state index contributed by atoms with van der Waals surface area (Å²) in [6, 6.07) is 17.3. The minimum atomic E-state index is -3.50. The van der Waals surface area contributed by atoms with E-state index in [-0.39, 0.29) is 11.8 Å². The Labute approximate surface area is 219 Å². The number of nitrogens with two attached hydrogens (primary N) is 1. The summed E-state index contributed by atoms with van der Waals surface area (Å²) >= 11 is 0. The largest absolute Gasteiger partial charge is 0.336 e. The van der Waals surface area contributed by atoms with Gasteiger partial charge in [-0.1, -0.05) is 55.7 Å². The van der Waals surface area contributed by atoms with E-state index in [0.29, 0.717) is 37.2 Å². The SMILES string of the molecule is CN1CCN(S(=O)(=O)c2ccc(-c3ccc([C@H]4C[C@@]4(C#N)NC(=O)C4(N)CCCCC4)cc3)cc2)CC1. The second-order valence-corrected chi connectivity index (χ2v) is 12.8. The Hall–Kier alpha value is -2.77. The number of sulfonamides is 1. The van der Waals surface area contributed by atoms with Crippen LogP contribution in [0.5, 0.6) is 0 Å².